The van der Waals surface area contributed by atoms with Gasteiger partial charge in [-0.1, -0.05) is 43.3 Å². The first kappa shape index (κ1) is 21.1. The van der Waals surface area contributed by atoms with Crippen LogP contribution in [-0.2, 0) is 11.3 Å². The number of benzene rings is 1. The average molecular weight is 385 g/mol. The molecule has 0 bridgehead atoms. The van der Waals surface area contributed by atoms with Crippen molar-refractivity contribution in [1.29, 1.82) is 0 Å². The molecule has 0 fully saturated rings. The summed E-state index contributed by atoms with van der Waals surface area (Å²) in [6, 6.07) is 11.3. The Morgan fingerprint density at radius 3 is 2.54 bits per heavy atom. The van der Waals surface area contributed by atoms with Gasteiger partial charge in [0.1, 0.15) is 24.6 Å². The second-order valence-electron chi connectivity index (χ2n) is 9.12. The van der Waals surface area contributed by atoms with Gasteiger partial charge in [0.05, 0.1) is 18.6 Å². The van der Waals surface area contributed by atoms with Crippen molar-refractivity contribution in [3.8, 4) is 0 Å². The SMILES string of the molecule is CCC1(C2=NC(C)(C)CO2)C=CC[N+](CC)(Cc2ccccc2)C1CCCN. The van der Waals surface area contributed by atoms with Crippen molar-refractivity contribution in [2.75, 3.05) is 26.2 Å². The van der Waals surface area contributed by atoms with E-state index in [0.717, 1.165) is 55.8 Å². The molecule has 2 N–H and O–H groups in total. The van der Waals surface area contributed by atoms with Gasteiger partial charge < -0.3 is 15.0 Å². The van der Waals surface area contributed by atoms with Crippen LogP contribution in [0.15, 0.2) is 47.5 Å². The molecular formula is C24H38N3O+. The molecule has 3 rings (SSSR count). The van der Waals surface area contributed by atoms with Gasteiger partial charge in [-0.3, -0.25) is 0 Å². The van der Waals surface area contributed by atoms with Gasteiger partial charge >= 0.3 is 0 Å². The second kappa shape index (κ2) is 8.38. The van der Waals surface area contributed by atoms with Crippen molar-refractivity contribution in [2.45, 2.75) is 65.1 Å². The summed E-state index contributed by atoms with van der Waals surface area (Å²) < 4.78 is 7.30. The molecule has 3 unspecified atom stereocenters. The third kappa shape index (κ3) is 3.90. The highest BCUT2D eigenvalue weighted by atomic mass is 16.5. The minimum absolute atomic E-state index is 0.136. The first-order chi connectivity index (χ1) is 13.4. The quantitative estimate of drug-likeness (QED) is 0.536. The summed E-state index contributed by atoms with van der Waals surface area (Å²) in [5, 5.41) is 0. The lowest BCUT2D eigenvalue weighted by molar-refractivity contribution is -0.964. The molecule has 4 nitrogen and oxygen atoms in total. The van der Waals surface area contributed by atoms with Crippen LogP contribution in [0.5, 0.6) is 0 Å². The molecule has 0 radical (unpaired) electrons. The largest absolute Gasteiger partial charge is 0.478 e. The molecule has 1 aromatic rings. The molecule has 4 heteroatoms. The smallest absolute Gasteiger partial charge is 0.200 e. The molecule has 28 heavy (non-hydrogen) atoms. The van der Waals surface area contributed by atoms with Crippen molar-refractivity contribution in [3.63, 3.8) is 0 Å². The number of nitrogens with two attached hydrogens (primary N) is 1. The molecule has 2 aliphatic rings. The van der Waals surface area contributed by atoms with Crippen LogP contribution >= 0.6 is 0 Å². The minimum atomic E-state index is -0.147. The van der Waals surface area contributed by atoms with E-state index in [4.69, 9.17) is 15.5 Å². The van der Waals surface area contributed by atoms with Crippen LogP contribution in [0.2, 0.25) is 0 Å². The summed E-state index contributed by atoms with van der Waals surface area (Å²) in [7, 11) is 0. The number of likely N-dealkylation sites (N-methyl/N-ethyl adjacent to an activating group) is 1. The van der Waals surface area contributed by atoms with E-state index in [2.05, 4.69) is 70.2 Å². The molecule has 0 aromatic heterocycles. The topological polar surface area (TPSA) is 47.6 Å². The first-order valence-electron chi connectivity index (χ1n) is 10.9. The maximum absolute atomic E-state index is 6.26. The molecule has 0 saturated heterocycles. The molecule has 2 heterocycles. The predicted molar refractivity (Wildman–Crippen MR) is 117 cm³/mol. The number of quaternary nitrogens is 1. The third-order valence-corrected chi connectivity index (χ3v) is 6.74. The fourth-order valence-electron chi connectivity index (χ4n) is 5.17. The zero-order valence-corrected chi connectivity index (χ0v) is 18.2. The normalized spacial score (nSPS) is 31.5. The van der Waals surface area contributed by atoms with Crippen molar-refractivity contribution >= 4 is 5.90 Å². The molecular weight excluding hydrogens is 346 g/mol. The lowest BCUT2D eigenvalue weighted by atomic mass is 9.71. The van der Waals surface area contributed by atoms with Gasteiger partial charge in [-0.15, -0.1) is 0 Å². The Bertz CT molecular complexity index is 712. The van der Waals surface area contributed by atoms with Gasteiger partial charge in [0.15, 0.2) is 5.90 Å². The van der Waals surface area contributed by atoms with Crippen LogP contribution in [0, 0.1) is 5.41 Å². The first-order valence-corrected chi connectivity index (χ1v) is 10.9. The lowest BCUT2D eigenvalue weighted by Gasteiger charge is -2.53. The molecule has 1 aromatic carbocycles. The van der Waals surface area contributed by atoms with Crippen molar-refractivity contribution < 1.29 is 9.22 Å². The number of rotatable bonds is 8. The maximum atomic E-state index is 6.26. The van der Waals surface area contributed by atoms with Crippen molar-refractivity contribution in [3.05, 3.63) is 48.0 Å². The number of ether oxygens (including phenoxy) is 1. The van der Waals surface area contributed by atoms with Gasteiger partial charge in [0.25, 0.3) is 0 Å². The molecule has 0 aliphatic carbocycles. The van der Waals surface area contributed by atoms with Crippen LogP contribution in [0.4, 0.5) is 0 Å². The Hall–Kier alpha value is -1.65. The zero-order valence-electron chi connectivity index (χ0n) is 18.2. The Kier molecular flexibility index (Phi) is 6.31. The number of nitrogens with zero attached hydrogens (tertiary/aromatic N) is 2. The van der Waals surface area contributed by atoms with E-state index in [0.29, 0.717) is 12.6 Å². The third-order valence-electron chi connectivity index (χ3n) is 6.74. The van der Waals surface area contributed by atoms with Gasteiger partial charge in [0, 0.05) is 12.0 Å². The predicted octanol–water partition coefficient (Wildman–Crippen LogP) is 4.30. The molecule has 154 valence electrons. The van der Waals surface area contributed by atoms with Crippen LogP contribution in [0.1, 0.15) is 52.5 Å². The van der Waals surface area contributed by atoms with E-state index in [-0.39, 0.29) is 11.0 Å². The second-order valence-corrected chi connectivity index (χ2v) is 9.12. The van der Waals surface area contributed by atoms with Gasteiger partial charge in [-0.05, 0) is 46.2 Å². The Morgan fingerprint density at radius 2 is 1.96 bits per heavy atom. The molecule has 0 saturated carbocycles. The Labute approximate surface area is 171 Å². The van der Waals surface area contributed by atoms with Crippen LogP contribution in [0.3, 0.4) is 0 Å². The molecule has 0 spiro atoms. The van der Waals surface area contributed by atoms with E-state index in [1.807, 2.05) is 0 Å². The highest BCUT2D eigenvalue weighted by Crippen LogP contribution is 2.45. The van der Waals surface area contributed by atoms with E-state index < -0.39 is 0 Å². The van der Waals surface area contributed by atoms with Crippen LogP contribution in [0.25, 0.3) is 0 Å². The number of aliphatic imine (C=N–C) groups is 1. The van der Waals surface area contributed by atoms with Crippen molar-refractivity contribution in [2.24, 2.45) is 16.1 Å². The van der Waals surface area contributed by atoms with Crippen LogP contribution < -0.4 is 5.73 Å². The number of hydrogen-bond donors (Lipinski definition) is 1. The monoisotopic (exact) mass is 384 g/mol. The van der Waals surface area contributed by atoms with E-state index in [1.165, 1.54) is 5.56 Å². The van der Waals surface area contributed by atoms with Crippen molar-refractivity contribution in [1.82, 2.24) is 0 Å². The van der Waals surface area contributed by atoms with E-state index in [9.17, 15) is 0 Å². The summed E-state index contributed by atoms with van der Waals surface area (Å²) >= 11 is 0. The highest BCUT2D eigenvalue weighted by molar-refractivity contribution is 5.87. The fraction of sp³-hybridized carbons (Fsp3) is 0.625. The van der Waals surface area contributed by atoms with Gasteiger partial charge in [0.2, 0.25) is 0 Å². The molecule has 0 amide bonds. The summed E-state index contributed by atoms with van der Waals surface area (Å²) in [6.07, 6.45) is 7.92. The Balaban J connectivity index is 2.06. The zero-order chi connectivity index (χ0) is 20.3. The molecule has 3 atom stereocenters. The standard InChI is InChI=1S/C24H38N3O/c1-5-24(22-26-23(3,4)19-28-22)15-11-17-27(6-2,21(24)14-10-16-25)18-20-12-8-7-9-13-20/h7-9,11-13,15,21H,5-6,10,14,16-19,25H2,1-4H3/q+1. The highest BCUT2D eigenvalue weighted by Gasteiger charge is 2.55. The molecule has 2 aliphatic heterocycles. The van der Waals surface area contributed by atoms with E-state index in [1.54, 1.807) is 0 Å². The lowest BCUT2D eigenvalue weighted by Crippen LogP contribution is -2.64. The Morgan fingerprint density at radius 1 is 1.21 bits per heavy atom. The summed E-state index contributed by atoms with van der Waals surface area (Å²) in [5.41, 5.74) is 7.09. The van der Waals surface area contributed by atoms with E-state index >= 15 is 0 Å². The van der Waals surface area contributed by atoms with Gasteiger partial charge in [-0.25, -0.2) is 4.99 Å². The number of hydrogen-bond acceptors (Lipinski definition) is 3. The maximum Gasteiger partial charge on any atom is 0.200 e. The summed E-state index contributed by atoms with van der Waals surface area (Å²) in [5.74, 6) is 0.946. The van der Waals surface area contributed by atoms with Crippen LogP contribution in [-0.4, -0.2) is 48.2 Å². The summed E-state index contributed by atoms with van der Waals surface area (Å²) in [4.78, 5) is 5.05. The minimum Gasteiger partial charge on any atom is -0.478 e. The van der Waals surface area contributed by atoms with Gasteiger partial charge in [-0.2, -0.15) is 0 Å². The summed E-state index contributed by atoms with van der Waals surface area (Å²) in [6.45, 7) is 13.5. The average Bonchev–Trinajstić information content (AvgIpc) is 3.07. The fourth-order valence-corrected chi connectivity index (χ4v) is 5.17.